The van der Waals surface area contributed by atoms with Gasteiger partial charge >= 0.3 is 0 Å². The highest BCUT2D eigenvalue weighted by Crippen LogP contribution is 2.33. The minimum absolute atomic E-state index is 0.0156. The molecule has 2 aliphatic carbocycles. The van der Waals surface area contributed by atoms with Gasteiger partial charge < -0.3 is 14.1 Å². The van der Waals surface area contributed by atoms with Crippen molar-refractivity contribution in [1.82, 2.24) is 4.90 Å². The molecule has 1 amide bonds. The molecule has 144 valence electrons. The van der Waals surface area contributed by atoms with Crippen LogP contribution in [0.2, 0.25) is 0 Å². The van der Waals surface area contributed by atoms with E-state index in [-0.39, 0.29) is 18.3 Å². The lowest BCUT2D eigenvalue weighted by atomic mass is 10.1. The molecule has 0 atom stereocenters. The number of halogens is 1. The first-order valence-electron chi connectivity index (χ1n) is 10.0. The summed E-state index contributed by atoms with van der Waals surface area (Å²) in [7, 11) is 0. The van der Waals surface area contributed by atoms with E-state index >= 15 is 0 Å². The van der Waals surface area contributed by atoms with Crippen LogP contribution < -0.4 is 4.74 Å². The van der Waals surface area contributed by atoms with E-state index in [4.69, 9.17) is 9.15 Å². The Hall–Kier alpha value is -2.30. The lowest BCUT2D eigenvalue weighted by molar-refractivity contribution is 0.0543. The predicted octanol–water partition coefficient (Wildman–Crippen LogP) is 5.33. The number of nitrogens with zero attached hydrogens (tertiary/aromatic N) is 1. The Morgan fingerprint density at radius 1 is 0.963 bits per heavy atom. The standard InChI is InChI=1S/C22H26FNO3/c23-16-9-11-19(12-10-16)26-15-20-13-14-21(27-20)22(25)24(17-5-1-2-6-17)18-7-3-4-8-18/h9-14,17-18H,1-8,15H2. The summed E-state index contributed by atoms with van der Waals surface area (Å²) < 4.78 is 24.4. The zero-order valence-electron chi connectivity index (χ0n) is 15.5. The van der Waals surface area contributed by atoms with Crippen molar-refractivity contribution >= 4 is 5.91 Å². The molecular formula is C22H26FNO3. The van der Waals surface area contributed by atoms with Crippen LogP contribution in [0, 0.1) is 5.82 Å². The second-order valence-electron chi connectivity index (χ2n) is 7.60. The first-order chi connectivity index (χ1) is 13.2. The molecule has 0 N–H and O–H groups in total. The Morgan fingerprint density at radius 3 is 2.15 bits per heavy atom. The molecule has 0 unspecified atom stereocenters. The normalized spacial score (nSPS) is 18.1. The van der Waals surface area contributed by atoms with Crippen molar-refractivity contribution in [2.45, 2.75) is 70.1 Å². The summed E-state index contributed by atoms with van der Waals surface area (Å²) >= 11 is 0. The number of carbonyl (C=O) groups is 1. The fraction of sp³-hybridized carbons (Fsp3) is 0.500. The minimum atomic E-state index is -0.299. The number of ether oxygens (including phenoxy) is 1. The molecule has 2 fully saturated rings. The zero-order chi connectivity index (χ0) is 18.6. The van der Waals surface area contributed by atoms with Gasteiger partial charge in [0, 0.05) is 12.1 Å². The number of benzene rings is 1. The average molecular weight is 371 g/mol. The summed E-state index contributed by atoms with van der Waals surface area (Å²) in [6.07, 6.45) is 9.22. The highest BCUT2D eigenvalue weighted by molar-refractivity contribution is 5.92. The van der Waals surface area contributed by atoms with Gasteiger partial charge in [-0.05, 0) is 62.1 Å². The number of carbonyl (C=O) groups excluding carboxylic acids is 1. The summed E-state index contributed by atoms with van der Waals surface area (Å²) in [5.41, 5.74) is 0. The third kappa shape index (κ3) is 4.18. The summed E-state index contributed by atoms with van der Waals surface area (Å²) in [6, 6.07) is 10.1. The van der Waals surface area contributed by atoms with E-state index in [1.807, 2.05) is 0 Å². The number of rotatable bonds is 6. The van der Waals surface area contributed by atoms with Gasteiger partial charge in [-0.2, -0.15) is 0 Å². The average Bonchev–Trinajstić information content (AvgIpc) is 3.44. The maximum atomic E-state index is 13.2. The molecule has 2 aromatic rings. The molecule has 0 bridgehead atoms. The lowest BCUT2D eigenvalue weighted by Crippen LogP contribution is -2.45. The Balaban J connectivity index is 1.43. The first kappa shape index (κ1) is 18.1. The van der Waals surface area contributed by atoms with Crippen molar-refractivity contribution in [3.8, 4) is 5.75 Å². The smallest absolute Gasteiger partial charge is 0.290 e. The third-order valence-corrected chi connectivity index (χ3v) is 5.74. The van der Waals surface area contributed by atoms with Crippen molar-refractivity contribution in [3.63, 3.8) is 0 Å². The van der Waals surface area contributed by atoms with Crippen molar-refractivity contribution in [3.05, 3.63) is 53.7 Å². The highest BCUT2D eigenvalue weighted by Gasteiger charge is 2.35. The Labute approximate surface area is 159 Å². The van der Waals surface area contributed by atoms with Crippen LogP contribution in [0.1, 0.15) is 67.7 Å². The molecule has 0 aliphatic heterocycles. The van der Waals surface area contributed by atoms with Crippen molar-refractivity contribution in [2.75, 3.05) is 0 Å². The second-order valence-corrected chi connectivity index (χ2v) is 7.60. The van der Waals surface area contributed by atoms with E-state index in [0.717, 1.165) is 25.7 Å². The molecule has 2 saturated carbocycles. The molecule has 2 aliphatic rings. The molecule has 0 spiro atoms. The maximum Gasteiger partial charge on any atom is 0.290 e. The van der Waals surface area contributed by atoms with Crippen molar-refractivity contribution in [2.24, 2.45) is 0 Å². The second kappa shape index (κ2) is 8.15. The Morgan fingerprint density at radius 2 is 1.56 bits per heavy atom. The van der Waals surface area contributed by atoms with Crippen molar-refractivity contribution in [1.29, 1.82) is 0 Å². The fourth-order valence-corrected chi connectivity index (χ4v) is 4.38. The van der Waals surface area contributed by atoms with Crippen LogP contribution in [0.4, 0.5) is 4.39 Å². The van der Waals surface area contributed by atoms with E-state index in [1.54, 1.807) is 24.3 Å². The minimum Gasteiger partial charge on any atom is -0.486 e. The molecule has 0 radical (unpaired) electrons. The number of hydrogen-bond acceptors (Lipinski definition) is 3. The summed E-state index contributed by atoms with van der Waals surface area (Å²) in [5.74, 6) is 1.28. The molecule has 4 rings (SSSR count). The fourth-order valence-electron chi connectivity index (χ4n) is 4.38. The number of hydrogen-bond donors (Lipinski definition) is 0. The summed E-state index contributed by atoms with van der Waals surface area (Å²) in [5, 5.41) is 0. The maximum absolute atomic E-state index is 13.2. The quantitative estimate of drug-likeness (QED) is 0.690. The van der Waals surface area contributed by atoms with Gasteiger partial charge in [0.1, 0.15) is 23.9 Å². The zero-order valence-corrected chi connectivity index (χ0v) is 15.5. The molecule has 27 heavy (non-hydrogen) atoms. The number of amides is 1. The van der Waals surface area contributed by atoms with E-state index in [2.05, 4.69) is 4.90 Å². The largest absolute Gasteiger partial charge is 0.486 e. The van der Waals surface area contributed by atoms with Gasteiger partial charge in [0.05, 0.1) is 0 Å². The Kier molecular flexibility index (Phi) is 5.46. The molecule has 5 heteroatoms. The summed E-state index contributed by atoms with van der Waals surface area (Å²) in [4.78, 5) is 15.3. The van der Waals surface area contributed by atoms with Crippen LogP contribution in [0.25, 0.3) is 0 Å². The Bertz CT molecular complexity index is 742. The first-order valence-corrected chi connectivity index (χ1v) is 10.0. The van der Waals surface area contributed by atoms with Gasteiger partial charge in [0.15, 0.2) is 5.76 Å². The van der Waals surface area contributed by atoms with Gasteiger partial charge in [0.25, 0.3) is 5.91 Å². The van der Waals surface area contributed by atoms with Crippen LogP contribution in [0.3, 0.4) is 0 Å². The molecule has 0 saturated heterocycles. The monoisotopic (exact) mass is 371 g/mol. The molecule has 1 heterocycles. The molecule has 1 aromatic carbocycles. The van der Waals surface area contributed by atoms with E-state index in [9.17, 15) is 9.18 Å². The molecular weight excluding hydrogens is 345 g/mol. The predicted molar refractivity (Wildman–Crippen MR) is 100 cm³/mol. The molecule has 1 aromatic heterocycles. The van der Waals surface area contributed by atoms with Crippen LogP contribution in [0.15, 0.2) is 40.8 Å². The molecule has 4 nitrogen and oxygen atoms in total. The van der Waals surface area contributed by atoms with Gasteiger partial charge in [0.2, 0.25) is 0 Å². The summed E-state index contributed by atoms with van der Waals surface area (Å²) in [6.45, 7) is 0.214. The van der Waals surface area contributed by atoms with E-state index in [1.165, 1.54) is 37.8 Å². The van der Waals surface area contributed by atoms with Crippen LogP contribution in [0.5, 0.6) is 5.75 Å². The topological polar surface area (TPSA) is 42.7 Å². The lowest BCUT2D eigenvalue weighted by Gasteiger charge is -2.34. The SMILES string of the molecule is O=C(c1ccc(COc2ccc(F)cc2)o1)N(C1CCCC1)C1CCCC1. The highest BCUT2D eigenvalue weighted by atomic mass is 19.1. The van der Waals surface area contributed by atoms with Gasteiger partial charge in [-0.25, -0.2) is 4.39 Å². The van der Waals surface area contributed by atoms with Gasteiger partial charge in [-0.1, -0.05) is 25.7 Å². The van der Waals surface area contributed by atoms with Crippen molar-refractivity contribution < 1.29 is 18.3 Å². The van der Waals surface area contributed by atoms with Crippen LogP contribution in [-0.2, 0) is 6.61 Å². The van der Waals surface area contributed by atoms with Gasteiger partial charge in [-0.15, -0.1) is 0 Å². The van der Waals surface area contributed by atoms with Crippen LogP contribution >= 0.6 is 0 Å². The number of furan rings is 1. The van der Waals surface area contributed by atoms with Gasteiger partial charge in [-0.3, -0.25) is 4.79 Å². The third-order valence-electron chi connectivity index (χ3n) is 5.74. The van der Waals surface area contributed by atoms with Crippen LogP contribution in [-0.4, -0.2) is 22.9 Å². The van der Waals surface area contributed by atoms with E-state index < -0.39 is 0 Å². The van der Waals surface area contributed by atoms with E-state index in [0.29, 0.717) is 29.4 Å².